The molecule has 5 nitrogen and oxygen atoms in total. The zero-order chi connectivity index (χ0) is 13.9. The van der Waals surface area contributed by atoms with Crippen LogP contribution in [0, 0.1) is 5.41 Å². The molecule has 2 aromatic rings. The summed E-state index contributed by atoms with van der Waals surface area (Å²) in [6, 6.07) is 6.06. The molecule has 0 saturated carbocycles. The van der Waals surface area contributed by atoms with E-state index in [2.05, 4.69) is 21.4 Å². The molecule has 0 aliphatic carbocycles. The van der Waals surface area contributed by atoms with Crippen molar-refractivity contribution in [3.8, 4) is 0 Å². The van der Waals surface area contributed by atoms with Crippen molar-refractivity contribution in [2.75, 3.05) is 6.54 Å². The number of benzene rings is 1. The number of nitrogens with one attached hydrogen (secondary N) is 2. The number of carboxylic acids is 1. The molecule has 1 heterocycles. The van der Waals surface area contributed by atoms with Gasteiger partial charge in [0.25, 0.3) is 0 Å². The van der Waals surface area contributed by atoms with Crippen molar-refractivity contribution < 1.29 is 9.90 Å². The molecule has 0 aliphatic heterocycles. The van der Waals surface area contributed by atoms with Crippen molar-refractivity contribution in [1.82, 2.24) is 15.3 Å². The number of hydrogen-bond acceptors (Lipinski definition) is 3. The zero-order valence-electron chi connectivity index (χ0n) is 11.2. The second-order valence-corrected chi connectivity index (χ2v) is 5.59. The molecular weight excluding hydrogens is 242 g/mol. The summed E-state index contributed by atoms with van der Waals surface area (Å²) >= 11 is 0. The van der Waals surface area contributed by atoms with Gasteiger partial charge in [0.2, 0.25) is 0 Å². The number of fused-ring (bicyclic) bond motifs is 1. The van der Waals surface area contributed by atoms with Gasteiger partial charge in [0.05, 0.1) is 23.8 Å². The number of rotatable bonds is 6. The van der Waals surface area contributed by atoms with E-state index in [4.69, 9.17) is 5.11 Å². The molecule has 0 amide bonds. The number of H-pyrrole nitrogens is 1. The molecule has 1 aromatic carbocycles. The van der Waals surface area contributed by atoms with Crippen molar-refractivity contribution in [1.29, 1.82) is 0 Å². The minimum Gasteiger partial charge on any atom is -0.481 e. The Hall–Kier alpha value is -1.88. The quantitative estimate of drug-likeness (QED) is 0.744. The minimum atomic E-state index is -0.759. The third kappa shape index (κ3) is 3.79. The Bertz CT molecular complexity index is 575. The van der Waals surface area contributed by atoms with E-state index in [0.29, 0.717) is 6.54 Å². The first-order valence-corrected chi connectivity index (χ1v) is 6.31. The highest BCUT2D eigenvalue weighted by Crippen LogP contribution is 2.19. The standard InChI is InChI=1S/C14H19N3O2/c1-14(2,6-13(18)19)8-15-7-10-3-4-11-12(5-10)17-9-16-11/h3-5,9,15H,6-8H2,1-2H3,(H,16,17)(H,18,19). The zero-order valence-corrected chi connectivity index (χ0v) is 11.2. The van der Waals surface area contributed by atoms with E-state index >= 15 is 0 Å². The van der Waals surface area contributed by atoms with Crippen molar-refractivity contribution in [2.24, 2.45) is 5.41 Å². The van der Waals surface area contributed by atoms with Crippen LogP contribution in [-0.2, 0) is 11.3 Å². The number of aromatic amines is 1. The van der Waals surface area contributed by atoms with Gasteiger partial charge in [-0.3, -0.25) is 4.79 Å². The molecule has 0 atom stereocenters. The molecule has 102 valence electrons. The molecule has 0 unspecified atom stereocenters. The Morgan fingerprint density at radius 1 is 1.47 bits per heavy atom. The van der Waals surface area contributed by atoms with Crippen LogP contribution in [0.15, 0.2) is 24.5 Å². The average Bonchev–Trinajstić information content (AvgIpc) is 2.74. The van der Waals surface area contributed by atoms with Gasteiger partial charge in [-0.25, -0.2) is 4.98 Å². The first-order valence-electron chi connectivity index (χ1n) is 6.31. The predicted molar refractivity (Wildman–Crippen MR) is 73.8 cm³/mol. The normalized spacial score (nSPS) is 11.9. The lowest BCUT2D eigenvalue weighted by Crippen LogP contribution is -2.31. The topological polar surface area (TPSA) is 78.0 Å². The fourth-order valence-corrected chi connectivity index (χ4v) is 2.11. The molecule has 1 aromatic heterocycles. The fraction of sp³-hybridized carbons (Fsp3) is 0.429. The van der Waals surface area contributed by atoms with Crippen LogP contribution >= 0.6 is 0 Å². The Kier molecular flexibility index (Phi) is 3.85. The van der Waals surface area contributed by atoms with Crippen LogP contribution < -0.4 is 5.32 Å². The number of hydrogen-bond donors (Lipinski definition) is 3. The van der Waals surface area contributed by atoms with Gasteiger partial charge in [-0.1, -0.05) is 19.9 Å². The Morgan fingerprint density at radius 3 is 3.00 bits per heavy atom. The Balaban J connectivity index is 1.90. The van der Waals surface area contributed by atoms with E-state index in [-0.39, 0.29) is 11.8 Å². The SMILES string of the molecule is CC(C)(CNCc1ccc2nc[nH]c2c1)CC(=O)O. The third-order valence-electron chi connectivity index (χ3n) is 3.05. The van der Waals surface area contributed by atoms with Crippen molar-refractivity contribution in [2.45, 2.75) is 26.8 Å². The van der Waals surface area contributed by atoms with Crippen molar-refractivity contribution in [3.05, 3.63) is 30.1 Å². The Morgan fingerprint density at radius 2 is 2.26 bits per heavy atom. The van der Waals surface area contributed by atoms with E-state index in [9.17, 15) is 4.79 Å². The summed E-state index contributed by atoms with van der Waals surface area (Å²) in [5, 5.41) is 12.1. The van der Waals surface area contributed by atoms with Gasteiger partial charge in [-0.15, -0.1) is 0 Å². The Labute approximate surface area is 112 Å². The van der Waals surface area contributed by atoms with E-state index in [1.807, 2.05) is 26.0 Å². The van der Waals surface area contributed by atoms with Crippen LogP contribution in [0.25, 0.3) is 11.0 Å². The lowest BCUT2D eigenvalue weighted by Gasteiger charge is -2.22. The van der Waals surface area contributed by atoms with Crippen LogP contribution in [0.3, 0.4) is 0 Å². The third-order valence-corrected chi connectivity index (χ3v) is 3.05. The van der Waals surface area contributed by atoms with Crippen LogP contribution in [0.2, 0.25) is 0 Å². The van der Waals surface area contributed by atoms with Gasteiger partial charge in [-0.05, 0) is 23.1 Å². The summed E-state index contributed by atoms with van der Waals surface area (Å²) in [5.74, 6) is -0.759. The van der Waals surface area contributed by atoms with Gasteiger partial charge in [0, 0.05) is 13.1 Å². The molecule has 0 saturated heterocycles. The van der Waals surface area contributed by atoms with Crippen molar-refractivity contribution >= 4 is 17.0 Å². The second kappa shape index (κ2) is 5.40. The van der Waals surface area contributed by atoms with E-state index in [1.165, 1.54) is 0 Å². The van der Waals surface area contributed by atoms with Gasteiger partial charge >= 0.3 is 5.97 Å². The number of aromatic nitrogens is 2. The van der Waals surface area contributed by atoms with Crippen LogP contribution in [0.4, 0.5) is 0 Å². The second-order valence-electron chi connectivity index (χ2n) is 5.59. The minimum absolute atomic E-state index is 0.166. The fourth-order valence-electron chi connectivity index (χ4n) is 2.11. The molecule has 19 heavy (non-hydrogen) atoms. The highest BCUT2D eigenvalue weighted by atomic mass is 16.4. The van der Waals surface area contributed by atoms with Crippen molar-refractivity contribution in [3.63, 3.8) is 0 Å². The molecule has 2 rings (SSSR count). The monoisotopic (exact) mass is 261 g/mol. The smallest absolute Gasteiger partial charge is 0.303 e. The maximum atomic E-state index is 10.7. The van der Waals surface area contributed by atoms with E-state index in [0.717, 1.165) is 23.1 Å². The van der Waals surface area contributed by atoms with Crippen LogP contribution in [0.5, 0.6) is 0 Å². The molecule has 0 bridgehead atoms. The van der Waals surface area contributed by atoms with E-state index in [1.54, 1.807) is 6.33 Å². The van der Waals surface area contributed by atoms with Gasteiger partial charge in [0.15, 0.2) is 0 Å². The summed E-state index contributed by atoms with van der Waals surface area (Å²) < 4.78 is 0. The highest BCUT2D eigenvalue weighted by Gasteiger charge is 2.21. The number of carbonyl (C=O) groups is 1. The maximum Gasteiger partial charge on any atom is 0.303 e. The van der Waals surface area contributed by atoms with Crippen LogP contribution in [0.1, 0.15) is 25.8 Å². The van der Waals surface area contributed by atoms with Crippen LogP contribution in [-0.4, -0.2) is 27.6 Å². The van der Waals surface area contributed by atoms with Gasteiger partial charge in [-0.2, -0.15) is 0 Å². The lowest BCUT2D eigenvalue weighted by atomic mass is 9.89. The first-order chi connectivity index (χ1) is 8.96. The maximum absolute atomic E-state index is 10.7. The molecular formula is C14H19N3O2. The summed E-state index contributed by atoms with van der Waals surface area (Å²) in [6.07, 6.45) is 1.84. The molecule has 3 N–H and O–H groups in total. The molecule has 0 aliphatic rings. The molecule has 0 radical (unpaired) electrons. The van der Waals surface area contributed by atoms with E-state index < -0.39 is 5.97 Å². The predicted octanol–water partition coefficient (Wildman–Crippen LogP) is 2.15. The highest BCUT2D eigenvalue weighted by molar-refractivity contribution is 5.75. The number of imidazole rings is 1. The average molecular weight is 261 g/mol. The number of aliphatic carboxylic acids is 1. The molecule has 5 heteroatoms. The largest absolute Gasteiger partial charge is 0.481 e. The first kappa shape index (κ1) is 13.5. The molecule has 0 spiro atoms. The van der Waals surface area contributed by atoms with Gasteiger partial charge < -0.3 is 15.4 Å². The summed E-state index contributed by atoms with van der Waals surface area (Å²) in [7, 11) is 0. The summed E-state index contributed by atoms with van der Waals surface area (Å²) in [6.45, 7) is 5.29. The summed E-state index contributed by atoms with van der Waals surface area (Å²) in [5.41, 5.74) is 2.88. The number of nitrogens with zero attached hydrogens (tertiary/aromatic N) is 1. The summed E-state index contributed by atoms with van der Waals surface area (Å²) in [4.78, 5) is 18.0. The van der Waals surface area contributed by atoms with Gasteiger partial charge in [0.1, 0.15) is 0 Å². The molecule has 0 fully saturated rings. The number of carboxylic acid groups (broad SMARTS) is 1. The lowest BCUT2D eigenvalue weighted by molar-refractivity contribution is -0.139.